The first-order chi connectivity index (χ1) is 9.99. The summed E-state index contributed by atoms with van der Waals surface area (Å²) in [6.45, 7) is 6.35. The Hall–Kier alpha value is -0.650. The molecule has 4 nitrogen and oxygen atoms in total. The summed E-state index contributed by atoms with van der Waals surface area (Å²) in [5.74, 6) is 1.17. The lowest BCUT2D eigenvalue weighted by molar-refractivity contribution is -0.108. The van der Waals surface area contributed by atoms with Gasteiger partial charge < -0.3 is 14.7 Å². The average Bonchev–Trinajstić information content (AvgIpc) is 2.90. The Morgan fingerprint density at radius 3 is 3.05 bits per heavy atom. The van der Waals surface area contributed by atoms with Gasteiger partial charge in [-0.1, -0.05) is 0 Å². The van der Waals surface area contributed by atoms with Crippen LogP contribution in [0, 0.1) is 12.8 Å². The van der Waals surface area contributed by atoms with E-state index in [1.165, 1.54) is 5.56 Å². The number of aryl methyl sites for hydroxylation is 1. The Morgan fingerprint density at radius 1 is 1.52 bits per heavy atom. The molecule has 2 aliphatic heterocycles. The van der Waals surface area contributed by atoms with Crippen molar-refractivity contribution >= 4 is 21.7 Å². The van der Waals surface area contributed by atoms with Crippen molar-refractivity contribution in [2.45, 2.75) is 44.8 Å². The predicted molar refractivity (Wildman–Crippen MR) is 86.6 cm³/mol. The molecule has 1 aromatic rings. The topological polar surface area (TPSA) is 45.6 Å². The van der Waals surface area contributed by atoms with Gasteiger partial charge in [-0.05, 0) is 60.7 Å². The number of aliphatic hydroxyl groups is 1. The van der Waals surface area contributed by atoms with Crippen LogP contribution in [0.15, 0.2) is 16.7 Å². The molecule has 0 aromatic carbocycles. The van der Waals surface area contributed by atoms with Gasteiger partial charge in [0.1, 0.15) is 5.82 Å². The molecule has 0 aliphatic carbocycles. The van der Waals surface area contributed by atoms with Crippen LogP contribution in [0.5, 0.6) is 0 Å². The average molecular weight is 355 g/mol. The zero-order chi connectivity index (χ0) is 15.0. The molecule has 2 saturated heterocycles. The number of ether oxygens (including phenoxy) is 1. The Morgan fingerprint density at radius 2 is 2.33 bits per heavy atom. The summed E-state index contributed by atoms with van der Waals surface area (Å²) in [4.78, 5) is 6.92. The van der Waals surface area contributed by atoms with Crippen molar-refractivity contribution < 1.29 is 9.84 Å². The molecule has 1 N–H and O–H groups in total. The number of rotatable bonds is 2. The minimum Gasteiger partial charge on any atom is -0.390 e. The fourth-order valence-corrected chi connectivity index (χ4v) is 3.77. The summed E-state index contributed by atoms with van der Waals surface area (Å²) in [6.07, 6.45) is 4.83. The van der Waals surface area contributed by atoms with Crippen LogP contribution in [0.3, 0.4) is 0 Å². The van der Waals surface area contributed by atoms with Gasteiger partial charge in [0.15, 0.2) is 0 Å². The fraction of sp³-hybridized carbons (Fsp3) is 0.688. The second-order valence-corrected chi connectivity index (χ2v) is 7.34. The Kier molecular flexibility index (Phi) is 4.26. The van der Waals surface area contributed by atoms with Gasteiger partial charge in [-0.15, -0.1) is 0 Å². The molecule has 0 bridgehead atoms. The third-order valence-corrected chi connectivity index (χ3v) is 5.77. The summed E-state index contributed by atoms with van der Waals surface area (Å²) in [5.41, 5.74) is 0.549. The molecule has 2 fully saturated rings. The molecule has 0 amide bonds. The Balaban J connectivity index is 1.86. The molecule has 0 saturated carbocycles. The molecule has 3 atom stereocenters. The molecular weight excluding hydrogens is 332 g/mol. The molecule has 2 aliphatic rings. The van der Waals surface area contributed by atoms with E-state index in [0.717, 1.165) is 36.1 Å². The van der Waals surface area contributed by atoms with Gasteiger partial charge in [-0.3, -0.25) is 0 Å². The summed E-state index contributed by atoms with van der Waals surface area (Å²) >= 11 is 3.51. The normalized spacial score (nSPS) is 33.4. The van der Waals surface area contributed by atoms with E-state index < -0.39 is 5.60 Å². The van der Waals surface area contributed by atoms with E-state index in [2.05, 4.69) is 38.8 Å². The summed E-state index contributed by atoms with van der Waals surface area (Å²) < 4.78 is 6.68. The standard InChI is InChI=1S/C16H23BrN2O2/c1-11-8-15(18-9-13(11)17)19-6-3-4-14(19)12-10-21-7-5-16(12,2)20/h8-9,12,14,20H,3-7,10H2,1-2H3/t12-,14+,16-/m0/s1. The van der Waals surface area contributed by atoms with E-state index in [-0.39, 0.29) is 5.92 Å². The maximum atomic E-state index is 10.7. The molecular formula is C16H23BrN2O2. The minimum atomic E-state index is -0.643. The van der Waals surface area contributed by atoms with Crippen molar-refractivity contribution in [2.24, 2.45) is 5.92 Å². The van der Waals surface area contributed by atoms with Crippen LogP contribution in [-0.4, -0.2) is 41.5 Å². The smallest absolute Gasteiger partial charge is 0.129 e. The van der Waals surface area contributed by atoms with Crippen LogP contribution in [-0.2, 0) is 4.74 Å². The summed E-state index contributed by atoms with van der Waals surface area (Å²) in [6, 6.07) is 2.44. The number of halogens is 1. The Labute approximate surface area is 134 Å². The quantitative estimate of drug-likeness (QED) is 0.886. The second-order valence-electron chi connectivity index (χ2n) is 6.48. The maximum Gasteiger partial charge on any atom is 0.129 e. The van der Waals surface area contributed by atoms with Gasteiger partial charge in [-0.25, -0.2) is 4.98 Å². The monoisotopic (exact) mass is 354 g/mol. The van der Waals surface area contributed by atoms with Crippen LogP contribution < -0.4 is 4.90 Å². The third-order valence-electron chi connectivity index (χ3n) is 4.94. The SMILES string of the molecule is Cc1cc(N2CCC[C@@H]2[C@@H]2COCC[C@]2(C)O)ncc1Br. The van der Waals surface area contributed by atoms with E-state index in [4.69, 9.17) is 4.74 Å². The molecule has 116 valence electrons. The van der Waals surface area contributed by atoms with Crippen LogP contribution in [0.4, 0.5) is 5.82 Å². The van der Waals surface area contributed by atoms with Crippen molar-refractivity contribution in [1.29, 1.82) is 0 Å². The predicted octanol–water partition coefficient (Wildman–Crippen LogP) is 2.91. The number of anilines is 1. The van der Waals surface area contributed by atoms with E-state index in [0.29, 0.717) is 19.3 Å². The van der Waals surface area contributed by atoms with Crippen molar-refractivity contribution in [2.75, 3.05) is 24.7 Å². The van der Waals surface area contributed by atoms with Gasteiger partial charge in [0, 0.05) is 35.8 Å². The lowest BCUT2D eigenvalue weighted by Crippen LogP contribution is -2.52. The lowest BCUT2D eigenvalue weighted by Gasteiger charge is -2.43. The molecule has 3 heterocycles. The molecule has 0 radical (unpaired) electrons. The van der Waals surface area contributed by atoms with Gasteiger partial charge in [0.05, 0.1) is 12.2 Å². The minimum absolute atomic E-state index is 0.152. The molecule has 3 rings (SSSR count). The first kappa shape index (κ1) is 15.3. The molecule has 5 heteroatoms. The van der Waals surface area contributed by atoms with E-state index in [9.17, 15) is 5.11 Å². The number of hydrogen-bond acceptors (Lipinski definition) is 4. The number of nitrogens with zero attached hydrogens (tertiary/aromatic N) is 2. The van der Waals surface area contributed by atoms with E-state index in [1.54, 1.807) is 0 Å². The van der Waals surface area contributed by atoms with Gasteiger partial charge in [-0.2, -0.15) is 0 Å². The van der Waals surface area contributed by atoms with Crippen molar-refractivity contribution in [1.82, 2.24) is 4.98 Å². The summed E-state index contributed by atoms with van der Waals surface area (Å²) in [5, 5.41) is 10.7. The van der Waals surface area contributed by atoms with E-state index in [1.807, 2.05) is 13.1 Å². The fourth-order valence-electron chi connectivity index (χ4n) is 3.56. The Bertz CT molecular complexity index is 521. The van der Waals surface area contributed by atoms with Crippen molar-refractivity contribution in [3.63, 3.8) is 0 Å². The highest BCUT2D eigenvalue weighted by Crippen LogP contribution is 2.37. The highest BCUT2D eigenvalue weighted by atomic mass is 79.9. The van der Waals surface area contributed by atoms with E-state index >= 15 is 0 Å². The third kappa shape index (κ3) is 2.96. The summed E-state index contributed by atoms with van der Waals surface area (Å²) in [7, 11) is 0. The number of hydrogen-bond donors (Lipinski definition) is 1. The van der Waals surface area contributed by atoms with Crippen LogP contribution >= 0.6 is 15.9 Å². The number of pyridine rings is 1. The largest absolute Gasteiger partial charge is 0.390 e. The first-order valence-electron chi connectivity index (χ1n) is 7.68. The van der Waals surface area contributed by atoms with Crippen LogP contribution in [0.2, 0.25) is 0 Å². The van der Waals surface area contributed by atoms with Gasteiger partial charge in [0.2, 0.25) is 0 Å². The number of aromatic nitrogens is 1. The molecule has 21 heavy (non-hydrogen) atoms. The second kappa shape index (κ2) is 5.86. The molecule has 1 aromatic heterocycles. The highest BCUT2D eigenvalue weighted by Gasteiger charge is 2.44. The van der Waals surface area contributed by atoms with Crippen LogP contribution in [0.25, 0.3) is 0 Å². The lowest BCUT2D eigenvalue weighted by atomic mass is 9.79. The molecule has 0 unspecified atom stereocenters. The molecule has 0 spiro atoms. The zero-order valence-electron chi connectivity index (χ0n) is 12.7. The van der Waals surface area contributed by atoms with Crippen LogP contribution in [0.1, 0.15) is 31.7 Å². The first-order valence-corrected chi connectivity index (χ1v) is 8.47. The maximum absolute atomic E-state index is 10.7. The highest BCUT2D eigenvalue weighted by molar-refractivity contribution is 9.10. The van der Waals surface area contributed by atoms with Gasteiger partial charge in [0.25, 0.3) is 0 Å². The zero-order valence-corrected chi connectivity index (χ0v) is 14.3. The van der Waals surface area contributed by atoms with Crippen molar-refractivity contribution in [3.05, 3.63) is 22.3 Å². The van der Waals surface area contributed by atoms with Crippen molar-refractivity contribution in [3.8, 4) is 0 Å². The van der Waals surface area contributed by atoms with Gasteiger partial charge >= 0.3 is 0 Å².